The van der Waals surface area contributed by atoms with Gasteiger partial charge in [-0.25, -0.2) is 4.39 Å². The van der Waals surface area contributed by atoms with Crippen molar-refractivity contribution in [1.82, 2.24) is 9.80 Å². The van der Waals surface area contributed by atoms with E-state index in [2.05, 4.69) is 0 Å². The van der Waals surface area contributed by atoms with E-state index < -0.39 is 23.5 Å². The summed E-state index contributed by atoms with van der Waals surface area (Å²) in [6.07, 6.45) is 0.670. The Morgan fingerprint density at radius 1 is 1.16 bits per heavy atom. The van der Waals surface area contributed by atoms with Gasteiger partial charge in [0, 0.05) is 12.1 Å². The molecule has 6 nitrogen and oxygen atoms in total. The SMILES string of the molecule is CCOc1ccc(C2/C(=C(/O)c3ccc(F)c(C)c3)C(=O)C(=O)N2CCCN(C)C)cc1. The molecule has 1 unspecified atom stereocenters. The molecule has 1 saturated heterocycles. The molecular formula is C25H29FN2O4. The third kappa shape index (κ3) is 4.83. The average Bonchev–Trinajstić information content (AvgIpc) is 3.01. The van der Waals surface area contributed by atoms with E-state index >= 15 is 0 Å². The maximum Gasteiger partial charge on any atom is 0.295 e. The Hall–Kier alpha value is -3.19. The van der Waals surface area contributed by atoms with Gasteiger partial charge in [-0.15, -0.1) is 0 Å². The van der Waals surface area contributed by atoms with Crippen molar-refractivity contribution in [2.24, 2.45) is 0 Å². The highest BCUT2D eigenvalue weighted by Gasteiger charge is 2.45. The highest BCUT2D eigenvalue weighted by atomic mass is 19.1. The second-order valence-electron chi connectivity index (χ2n) is 8.12. The molecular weight excluding hydrogens is 411 g/mol. The normalized spacial score (nSPS) is 17.9. The van der Waals surface area contributed by atoms with Crippen LogP contribution in [0, 0.1) is 12.7 Å². The molecule has 1 amide bonds. The largest absolute Gasteiger partial charge is 0.507 e. The van der Waals surface area contributed by atoms with Crippen LogP contribution in [-0.4, -0.2) is 60.4 Å². The van der Waals surface area contributed by atoms with Gasteiger partial charge in [0.25, 0.3) is 11.7 Å². The lowest BCUT2D eigenvalue weighted by Gasteiger charge is -2.26. The van der Waals surface area contributed by atoms with Gasteiger partial charge in [-0.05, 0) is 82.4 Å². The minimum atomic E-state index is -0.742. The second kappa shape index (κ2) is 9.96. The number of hydrogen-bond donors (Lipinski definition) is 1. The van der Waals surface area contributed by atoms with Crippen LogP contribution in [0.25, 0.3) is 5.76 Å². The number of Topliss-reactive ketones (excluding diaryl/α,β-unsaturated/α-hetero) is 1. The summed E-state index contributed by atoms with van der Waals surface area (Å²) in [5.74, 6) is -1.43. The van der Waals surface area contributed by atoms with Crippen molar-refractivity contribution < 1.29 is 23.8 Å². The van der Waals surface area contributed by atoms with E-state index in [0.29, 0.717) is 42.0 Å². The zero-order chi connectivity index (χ0) is 23.4. The van der Waals surface area contributed by atoms with Gasteiger partial charge in [0.15, 0.2) is 0 Å². The molecule has 7 heteroatoms. The average molecular weight is 441 g/mol. The molecule has 2 aromatic rings. The highest BCUT2D eigenvalue weighted by molar-refractivity contribution is 6.46. The summed E-state index contributed by atoms with van der Waals surface area (Å²) in [4.78, 5) is 29.5. The monoisotopic (exact) mass is 440 g/mol. The number of aliphatic hydroxyl groups excluding tert-OH is 1. The number of carbonyl (C=O) groups excluding carboxylic acids is 2. The molecule has 1 atom stereocenters. The first-order chi connectivity index (χ1) is 15.2. The predicted molar refractivity (Wildman–Crippen MR) is 121 cm³/mol. The first-order valence-corrected chi connectivity index (χ1v) is 10.7. The van der Waals surface area contributed by atoms with E-state index in [4.69, 9.17) is 4.74 Å². The number of carbonyl (C=O) groups is 2. The molecule has 1 fully saturated rings. The van der Waals surface area contributed by atoms with Crippen molar-refractivity contribution >= 4 is 17.4 Å². The number of ketones is 1. The van der Waals surface area contributed by atoms with Crippen LogP contribution in [0.2, 0.25) is 0 Å². The lowest BCUT2D eigenvalue weighted by atomic mass is 9.94. The van der Waals surface area contributed by atoms with Crippen LogP contribution in [0.5, 0.6) is 5.75 Å². The number of aliphatic hydroxyl groups is 1. The molecule has 0 radical (unpaired) electrons. The van der Waals surface area contributed by atoms with E-state index in [9.17, 15) is 19.1 Å². The quantitative estimate of drug-likeness (QED) is 0.383. The standard InChI is InChI=1S/C25H29FN2O4/c1-5-32-19-10-7-17(8-11-19)22-21(23(29)18-9-12-20(26)16(2)15-18)24(30)25(31)28(22)14-6-13-27(3)4/h7-12,15,22,29H,5-6,13-14H2,1-4H3/b23-21-. The molecule has 3 rings (SSSR count). The van der Waals surface area contributed by atoms with E-state index in [1.165, 1.54) is 23.1 Å². The Morgan fingerprint density at radius 3 is 2.44 bits per heavy atom. The Balaban J connectivity index is 2.08. The van der Waals surface area contributed by atoms with Gasteiger partial charge in [0.05, 0.1) is 18.2 Å². The van der Waals surface area contributed by atoms with Crippen LogP contribution < -0.4 is 4.74 Å². The van der Waals surface area contributed by atoms with Crippen molar-refractivity contribution in [2.75, 3.05) is 33.8 Å². The van der Waals surface area contributed by atoms with Crippen LogP contribution in [0.3, 0.4) is 0 Å². The third-order valence-corrected chi connectivity index (χ3v) is 5.48. The second-order valence-corrected chi connectivity index (χ2v) is 8.12. The van der Waals surface area contributed by atoms with Gasteiger partial charge < -0.3 is 19.6 Å². The maximum atomic E-state index is 13.7. The molecule has 2 aromatic carbocycles. The van der Waals surface area contributed by atoms with Crippen LogP contribution in [0.1, 0.15) is 36.1 Å². The van der Waals surface area contributed by atoms with Gasteiger partial charge in [0.1, 0.15) is 17.3 Å². The minimum absolute atomic E-state index is 0.00928. The molecule has 170 valence electrons. The van der Waals surface area contributed by atoms with Crippen molar-refractivity contribution in [3.8, 4) is 5.75 Å². The van der Waals surface area contributed by atoms with Crippen molar-refractivity contribution in [3.05, 3.63) is 70.5 Å². The van der Waals surface area contributed by atoms with E-state index in [1.54, 1.807) is 31.2 Å². The third-order valence-electron chi connectivity index (χ3n) is 5.48. The summed E-state index contributed by atoms with van der Waals surface area (Å²) >= 11 is 0. The van der Waals surface area contributed by atoms with E-state index in [-0.39, 0.29) is 11.3 Å². The fourth-order valence-electron chi connectivity index (χ4n) is 3.87. The Morgan fingerprint density at radius 2 is 1.84 bits per heavy atom. The maximum absolute atomic E-state index is 13.7. The molecule has 32 heavy (non-hydrogen) atoms. The fourth-order valence-corrected chi connectivity index (χ4v) is 3.87. The van der Waals surface area contributed by atoms with Gasteiger partial charge in [0.2, 0.25) is 0 Å². The zero-order valence-electron chi connectivity index (χ0n) is 18.9. The summed E-state index contributed by atoms with van der Waals surface area (Å²) in [6, 6.07) is 10.5. The molecule has 0 aromatic heterocycles. The van der Waals surface area contributed by atoms with Crippen LogP contribution in [0.4, 0.5) is 4.39 Å². The van der Waals surface area contributed by atoms with Crippen LogP contribution in [-0.2, 0) is 9.59 Å². The first kappa shape index (κ1) is 23.5. The number of hydrogen-bond acceptors (Lipinski definition) is 5. The van der Waals surface area contributed by atoms with Gasteiger partial charge >= 0.3 is 0 Å². The molecule has 0 spiro atoms. The molecule has 1 aliphatic rings. The van der Waals surface area contributed by atoms with Crippen molar-refractivity contribution in [2.45, 2.75) is 26.3 Å². The van der Waals surface area contributed by atoms with Gasteiger partial charge in [-0.3, -0.25) is 9.59 Å². The number of amides is 1. The highest BCUT2D eigenvalue weighted by Crippen LogP contribution is 2.40. The number of halogens is 1. The summed E-state index contributed by atoms with van der Waals surface area (Å²) < 4.78 is 19.2. The minimum Gasteiger partial charge on any atom is -0.507 e. The lowest BCUT2D eigenvalue weighted by Crippen LogP contribution is -2.32. The molecule has 1 aliphatic heterocycles. The number of aryl methyl sites for hydroxylation is 1. The predicted octanol–water partition coefficient (Wildman–Crippen LogP) is 3.91. The Kier molecular flexibility index (Phi) is 7.30. The lowest BCUT2D eigenvalue weighted by molar-refractivity contribution is -0.139. The summed E-state index contributed by atoms with van der Waals surface area (Å²) in [5, 5.41) is 11.1. The van der Waals surface area contributed by atoms with Crippen molar-refractivity contribution in [1.29, 1.82) is 0 Å². The summed E-state index contributed by atoms with van der Waals surface area (Å²) in [5.41, 5.74) is 1.34. The number of ether oxygens (including phenoxy) is 1. The van der Waals surface area contributed by atoms with E-state index in [1.807, 2.05) is 25.9 Å². The molecule has 1 N–H and O–H groups in total. The van der Waals surface area contributed by atoms with Gasteiger partial charge in [-0.1, -0.05) is 12.1 Å². The molecule has 0 bridgehead atoms. The Bertz CT molecular complexity index is 1030. The van der Waals surface area contributed by atoms with Crippen molar-refractivity contribution in [3.63, 3.8) is 0 Å². The topological polar surface area (TPSA) is 70.1 Å². The number of nitrogens with zero attached hydrogens (tertiary/aromatic N) is 2. The van der Waals surface area contributed by atoms with Gasteiger partial charge in [-0.2, -0.15) is 0 Å². The Labute approximate surface area is 187 Å². The molecule has 0 saturated carbocycles. The molecule has 0 aliphatic carbocycles. The van der Waals surface area contributed by atoms with Crippen LogP contribution in [0.15, 0.2) is 48.0 Å². The first-order valence-electron chi connectivity index (χ1n) is 10.7. The number of rotatable bonds is 8. The summed E-state index contributed by atoms with van der Waals surface area (Å²) in [7, 11) is 3.88. The number of benzene rings is 2. The zero-order valence-corrected chi connectivity index (χ0v) is 18.9. The summed E-state index contributed by atoms with van der Waals surface area (Å²) in [6.45, 7) is 5.09. The van der Waals surface area contributed by atoms with E-state index in [0.717, 1.165) is 6.54 Å². The molecule has 1 heterocycles. The smallest absolute Gasteiger partial charge is 0.295 e. The number of likely N-dealkylation sites (tertiary alicyclic amines) is 1. The van der Waals surface area contributed by atoms with Crippen LogP contribution >= 0.6 is 0 Å². The fraction of sp³-hybridized carbons (Fsp3) is 0.360.